The molecule has 1 heterocycles. The molecular formula is C12H25N. The molecule has 0 N–H and O–H groups in total. The molecule has 1 aliphatic heterocycles. The number of nitrogens with zero attached hydrogens (tertiary/aromatic N) is 1. The summed E-state index contributed by atoms with van der Waals surface area (Å²) in [4.78, 5) is 2.58. The fourth-order valence-corrected chi connectivity index (χ4v) is 2.80. The third-order valence-electron chi connectivity index (χ3n) is 3.44. The summed E-state index contributed by atoms with van der Waals surface area (Å²) in [5.74, 6) is 0.975. The van der Waals surface area contributed by atoms with Crippen LogP contribution in [0.5, 0.6) is 0 Å². The summed E-state index contributed by atoms with van der Waals surface area (Å²) in [6.07, 6.45) is 8.45. The summed E-state index contributed by atoms with van der Waals surface area (Å²) in [6.45, 7) is 5.96. The van der Waals surface area contributed by atoms with Crippen LogP contribution >= 0.6 is 0 Å². The largest absolute Gasteiger partial charge is 0.303 e. The molecule has 1 nitrogen and oxygen atoms in total. The molecule has 0 saturated carbocycles. The number of rotatable bonds is 5. The van der Waals surface area contributed by atoms with Crippen molar-refractivity contribution in [1.82, 2.24) is 4.90 Å². The maximum absolute atomic E-state index is 2.58. The second-order valence-corrected chi connectivity index (χ2v) is 4.53. The Balaban J connectivity index is 2.42. The van der Waals surface area contributed by atoms with E-state index in [1.807, 2.05) is 0 Å². The van der Waals surface area contributed by atoms with Crippen molar-refractivity contribution in [3.05, 3.63) is 0 Å². The van der Waals surface area contributed by atoms with Gasteiger partial charge in [0.25, 0.3) is 0 Å². The topological polar surface area (TPSA) is 3.24 Å². The average Bonchev–Trinajstić information content (AvgIpc) is 2.51. The van der Waals surface area contributed by atoms with E-state index in [4.69, 9.17) is 0 Å². The zero-order valence-electron chi connectivity index (χ0n) is 9.55. The molecule has 13 heavy (non-hydrogen) atoms. The van der Waals surface area contributed by atoms with Gasteiger partial charge in [-0.3, -0.25) is 0 Å². The summed E-state index contributed by atoms with van der Waals surface area (Å²) >= 11 is 0. The van der Waals surface area contributed by atoms with Crippen molar-refractivity contribution in [2.75, 3.05) is 13.6 Å². The molecule has 78 valence electrons. The van der Waals surface area contributed by atoms with Gasteiger partial charge < -0.3 is 4.90 Å². The highest BCUT2D eigenvalue weighted by Gasteiger charge is 2.27. The predicted octanol–water partition coefficient (Wildman–Crippen LogP) is 3.30. The van der Waals surface area contributed by atoms with Gasteiger partial charge in [-0.05, 0) is 45.2 Å². The van der Waals surface area contributed by atoms with Crippen molar-refractivity contribution >= 4 is 0 Å². The minimum absolute atomic E-state index is 0.903. The van der Waals surface area contributed by atoms with E-state index in [1.165, 1.54) is 45.1 Å². The van der Waals surface area contributed by atoms with Crippen molar-refractivity contribution < 1.29 is 0 Å². The Labute approximate surface area is 83.5 Å². The van der Waals surface area contributed by atoms with Crippen LogP contribution in [-0.2, 0) is 0 Å². The van der Waals surface area contributed by atoms with Gasteiger partial charge in [-0.15, -0.1) is 0 Å². The third kappa shape index (κ3) is 2.98. The van der Waals surface area contributed by atoms with E-state index in [-0.39, 0.29) is 0 Å². The van der Waals surface area contributed by atoms with Gasteiger partial charge >= 0.3 is 0 Å². The Morgan fingerprint density at radius 3 is 2.23 bits per heavy atom. The lowest BCUT2D eigenvalue weighted by atomic mass is 9.89. The molecule has 0 aromatic rings. The summed E-state index contributed by atoms with van der Waals surface area (Å²) in [5.41, 5.74) is 0. The summed E-state index contributed by atoms with van der Waals surface area (Å²) in [7, 11) is 2.30. The molecular weight excluding hydrogens is 158 g/mol. The maximum atomic E-state index is 2.58. The second kappa shape index (κ2) is 5.64. The smallest absolute Gasteiger partial charge is 0.0121 e. The molecule has 0 aromatic heterocycles. The Morgan fingerprint density at radius 2 is 1.85 bits per heavy atom. The Kier molecular flexibility index (Phi) is 4.79. The Bertz CT molecular complexity index is 127. The van der Waals surface area contributed by atoms with Crippen LogP contribution < -0.4 is 0 Å². The summed E-state index contributed by atoms with van der Waals surface area (Å²) < 4.78 is 0. The molecule has 1 saturated heterocycles. The first-order valence-electron chi connectivity index (χ1n) is 5.99. The molecule has 1 fully saturated rings. The van der Waals surface area contributed by atoms with Gasteiger partial charge in [-0.1, -0.05) is 26.7 Å². The van der Waals surface area contributed by atoms with E-state index in [1.54, 1.807) is 0 Å². The highest BCUT2D eigenvalue weighted by Crippen LogP contribution is 2.28. The van der Waals surface area contributed by atoms with E-state index >= 15 is 0 Å². The van der Waals surface area contributed by atoms with Crippen molar-refractivity contribution in [3.63, 3.8) is 0 Å². The normalized spacial score (nSPS) is 24.5. The minimum Gasteiger partial charge on any atom is -0.303 e. The first-order valence-corrected chi connectivity index (χ1v) is 5.99. The van der Waals surface area contributed by atoms with Gasteiger partial charge in [0.15, 0.2) is 0 Å². The predicted molar refractivity (Wildman–Crippen MR) is 59.0 cm³/mol. The highest BCUT2D eigenvalue weighted by molar-refractivity contribution is 4.82. The molecule has 1 rings (SSSR count). The molecule has 0 aliphatic carbocycles. The molecule has 0 amide bonds. The lowest BCUT2D eigenvalue weighted by Crippen LogP contribution is -2.32. The lowest BCUT2D eigenvalue weighted by molar-refractivity contribution is 0.206. The standard InChI is InChI=1S/C12H25N/c1-4-7-11(8-5-2)12-9-6-10-13(12)3/h11-12H,4-10H2,1-3H3. The molecule has 0 aromatic carbocycles. The van der Waals surface area contributed by atoms with Crippen LogP contribution in [0.4, 0.5) is 0 Å². The van der Waals surface area contributed by atoms with Gasteiger partial charge in [0.05, 0.1) is 0 Å². The van der Waals surface area contributed by atoms with E-state index in [9.17, 15) is 0 Å². The van der Waals surface area contributed by atoms with Crippen LogP contribution in [0.1, 0.15) is 52.4 Å². The second-order valence-electron chi connectivity index (χ2n) is 4.53. The van der Waals surface area contributed by atoms with Gasteiger partial charge in [-0.2, -0.15) is 0 Å². The Morgan fingerprint density at radius 1 is 1.23 bits per heavy atom. The number of hydrogen-bond donors (Lipinski definition) is 0. The molecule has 1 unspecified atom stereocenters. The van der Waals surface area contributed by atoms with Gasteiger partial charge in [0.1, 0.15) is 0 Å². The Hall–Kier alpha value is -0.0400. The van der Waals surface area contributed by atoms with Crippen molar-refractivity contribution in [1.29, 1.82) is 0 Å². The lowest BCUT2D eigenvalue weighted by Gasteiger charge is -2.28. The minimum atomic E-state index is 0.903. The molecule has 0 spiro atoms. The monoisotopic (exact) mass is 183 g/mol. The van der Waals surface area contributed by atoms with E-state index in [2.05, 4.69) is 25.8 Å². The molecule has 1 atom stereocenters. The van der Waals surface area contributed by atoms with Crippen LogP contribution in [0, 0.1) is 5.92 Å². The average molecular weight is 183 g/mol. The van der Waals surface area contributed by atoms with Gasteiger partial charge in [-0.25, -0.2) is 0 Å². The van der Waals surface area contributed by atoms with E-state index in [0.29, 0.717) is 0 Å². The SMILES string of the molecule is CCCC(CCC)C1CCCN1C. The first kappa shape index (κ1) is 11.0. The van der Waals surface area contributed by atoms with Gasteiger partial charge in [0.2, 0.25) is 0 Å². The van der Waals surface area contributed by atoms with E-state index in [0.717, 1.165) is 12.0 Å². The highest BCUT2D eigenvalue weighted by atomic mass is 15.1. The molecule has 1 aliphatic rings. The fourth-order valence-electron chi connectivity index (χ4n) is 2.80. The van der Waals surface area contributed by atoms with Gasteiger partial charge in [0, 0.05) is 6.04 Å². The number of likely N-dealkylation sites (tertiary alicyclic amines) is 1. The van der Waals surface area contributed by atoms with Crippen molar-refractivity contribution in [3.8, 4) is 0 Å². The van der Waals surface area contributed by atoms with Crippen LogP contribution in [0.3, 0.4) is 0 Å². The summed E-state index contributed by atoms with van der Waals surface area (Å²) in [6, 6.07) is 0.903. The van der Waals surface area contributed by atoms with E-state index < -0.39 is 0 Å². The molecule has 1 heteroatoms. The third-order valence-corrected chi connectivity index (χ3v) is 3.44. The van der Waals surface area contributed by atoms with Crippen LogP contribution in [0.2, 0.25) is 0 Å². The maximum Gasteiger partial charge on any atom is 0.0121 e. The zero-order valence-corrected chi connectivity index (χ0v) is 9.55. The molecule has 0 radical (unpaired) electrons. The van der Waals surface area contributed by atoms with Crippen molar-refractivity contribution in [2.45, 2.75) is 58.4 Å². The van der Waals surface area contributed by atoms with Crippen LogP contribution in [-0.4, -0.2) is 24.5 Å². The van der Waals surface area contributed by atoms with Crippen LogP contribution in [0.15, 0.2) is 0 Å². The first-order chi connectivity index (χ1) is 6.29. The quantitative estimate of drug-likeness (QED) is 0.632. The van der Waals surface area contributed by atoms with Crippen molar-refractivity contribution in [2.24, 2.45) is 5.92 Å². The fraction of sp³-hybridized carbons (Fsp3) is 1.00. The van der Waals surface area contributed by atoms with Crippen LogP contribution in [0.25, 0.3) is 0 Å². The molecule has 0 bridgehead atoms. The number of hydrogen-bond acceptors (Lipinski definition) is 1. The zero-order chi connectivity index (χ0) is 9.68. The summed E-state index contributed by atoms with van der Waals surface area (Å²) in [5, 5.41) is 0.